The van der Waals surface area contributed by atoms with E-state index in [9.17, 15) is 0 Å². The Kier molecular flexibility index (Phi) is 2.09. The molecule has 54 valence electrons. The van der Waals surface area contributed by atoms with E-state index >= 15 is 0 Å². The molecule has 1 saturated heterocycles. The molecule has 1 aliphatic heterocycles. The Balaban J connectivity index is 2.35. The van der Waals surface area contributed by atoms with Crippen molar-refractivity contribution in [3.63, 3.8) is 0 Å². The zero-order chi connectivity index (χ0) is 6.85. The molecular formula is C7H14O2. The van der Waals surface area contributed by atoms with Crippen LogP contribution in [0.4, 0.5) is 0 Å². The van der Waals surface area contributed by atoms with Crippen molar-refractivity contribution in [1.82, 2.24) is 0 Å². The quantitative estimate of drug-likeness (QED) is 0.568. The fraction of sp³-hybridized carbons (Fsp3) is 1.00. The van der Waals surface area contributed by atoms with Crippen molar-refractivity contribution in [2.75, 3.05) is 6.61 Å². The van der Waals surface area contributed by atoms with Crippen molar-refractivity contribution in [3.8, 4) is 0 Å². The van der Waals surface area contributed by atoms with E-state index in [2.05, 4.69) is 13.8 Å². The van der Waals surface area contributed by atoms with Crippen LogP contribution in [-0.4, -0.2) is 23.9 Å². The number of hydrogen-bond acceptors (Lipinski definition) is 2. The molecule has 0 bridgehead atoms. The van der Waals surface area contributed by atoms with Crippen molar-refractivity contribution in [3.05, 3.63) is 0 Å². The number of ether oxygens (including phenoxy) is 1. The van der Waals surface area contributed by atoms with Crippen molar-refractivity contribution in [1.29, 1.82) is 0 Å². The summed E-state index contributed by atoms with van der Waals surface area (Å²) in [7, 11) is 0. The molecule has 0 spiro atoms. The summed E-state index contributed by atoms with van der Waals surface area (Å²) in [6.07, 6.45) is 1.45. The highest BCUT2D eigenvalue weighted by Crippen LogP contribution is 2.24. The zero-order valence-corrected chi connectivity index (χ0v) is 6.00. The van der Waals surface area contributed by atoms with E-state index < -0.39 is 0 Å². The van der Waals surface area contributed by atoms with Crippen LogP contribution in [0.3, 0.4) is 0 Å². The first kappa shape index (κ1) is 7.03. The van der Waals surface area contributed by atoms with Crippen LogP contribution in [0.1, 0.15) is 20.3 Å². The van der Waals surface area contributed by atoms with E-state index in [0.717, 1.165) is 6.42 Å². The molecule has 0 aliphatic carbocycles. The highest BCUT2D eigenvalue weighted by molar-refractivity contribution is 4.75. The van der Waals surface area contributed by atoms with Crippen LogP contribution in [-0.2, 0) is 4.74 Å². The van der Waals surface area contributed by atoms with E-state index in [1.807, 2.05) is 0 Å². The van der Waals surface area contributed by atoms with Crippen molar-refractivity contribution in [2.24, 2.45) is 5.92 Å². The average molecular weight is 130 g/mol. The maximum absolute atomic E-state index is 8.68. The molecule has 0 saturated carbocycles. The molecule has 1 unspecified atom stereocenters. The van der Waals surface area contributed by atoms with E-state index in [1.165, 1.54) is 0 Å². The standard InChI is InChI=1S/C7H14O2/c1-5-3-7(4-8)9-6(5)2/h5-8H,3-4H2,1-2H3/t5-,6-,7?/m1/s1. The molecule has 1 aliphatic rings. The Bertz CT molecular complexity index is 82.9. The monoisotopic (exact) mass is 130 g/mol. The van der Waals surface area contributed by atoms with Gasteiger partial charge in [0.15, 0.2) is 0 Å². The molecule has 9 heavy (non-hydrogen) atoms. The van der Waals surface area contributed by atoms with Gasteiger partial charge in [0, 0.05) is 0 Å². The Hall–Kier alpha value is -0.0800. The molecule has 1 N–H and O–H groups in total. The second-order valence-electron chi connectivity index (χ2n) is 2.86. The first-order chi connectivity index (χ1) is 4.24. The lowest BCUT2D eigenvalue weighted by atomic mass is 10.0. The van der Waals surface area contributed by atoms with E-state index in [4.69, 9.17) is 9.84 Å². The highest BCUT2D eigenvalue weighted by atomic mass is 16.5. The lowest BCUT2D eigenvalue weighted by Crippen LogP contribution is -2.12. The Morgan fingerprint density at radius 3 is 2.44 bits per heavy atom. The Morgan fingerprint density at radius 2 is 2.22 bits per heavy atom. The normalized spacial score (nSPS) is 43.7. The summed E-state index contributed by atoms with van der Waals surface area (Å²) in [6.45, 7) is 4.38. The van der Waals surface area contributed by atoms with Gasteiger partial charge in [-0.25, -0.2) is 0 Å². The summed E-state index contributed by atoms with van der Waals surface area (Å²) in [5.74, 6) is 0.613. The molecule has 2 heteroatoms. The number of hydrogen-bond donors (Lipinski definition) is 1. The fourth-order valence-electron chi connectivity index (χ4n) is 1.22. The van der Waals surface area contributed by atoms with Gasteiger partial charge in [0.05, 0.1) is 18.8 Å². The lowest BCUT2D eigenvalue weighted by molar-refractivity contribution is 0.0150. The van der Waals surface area contributed by atoms with Gasteiger partial charge in [-0.2, -0.15) is 0 Å². The molecule has 0 radical (unpaired) electrons. The van der Waals surface area contributed by atoms with Gasteiger partial charge in [-0.05, 0) is 19.3 Å². The summed E-state index contributed by atoms with van der Waals surface area (Å²) in [5, 5.41) is 8.68. The molecular weight excluding hydrogens is 116 g/mol. The molecule has 2 nitrogen and oxygen atoms in total. The number of rotatable bonds is 1. The third-order valence-corrected chi connectivity index (χ3v) is 2.05. The van der Waals surface area contributed by atoms with Gasteiger partial charge in [0.25, 0.3) is 0 Å². The third-order valence-electron chi connectivity index (χ3n) is 2.05. The molecule has 1 heterocycles. The Morgan fingerprint density at radius 1 is 1.56 bits per heavy atom. The third kappa shape index (κ3) is 1.43. The predicted molar refractivity (Wildman–Crippen MR) is 35.2 cm³/mol. The summed E-state index contributed by atoms with van der Waals surface area (Å²) >= 11 is 0. The van der Waals surface area contributed by atoms with E-state index in [-0.39, 0.29) is 12.7 Å². The largest absolute Gasteiger partial charge is 0.394 e. The maximum atomic E-state index is 8.68. The first-order valence-corrected chi connectivity index (χ1v) is 3.50. The van der Waals surface area contributed by atoms with Gasteiger partial charge < -0.3 is 9.84 Å². The van der Waals surface area contributed by atoms with Gasteiger partial charge in [0.1, 0.15) is 0 Å². The molecule has 0 aromatic carbocycles. The van der Waals surface area contributed by atoms with Gasteiger partial charge in [-0.3, -0.25) is 0 Å². The summed E-state index contributed by atoms with van der Waals surface area (Å²) in [6, 6.07) is 0. The second-order valence-corrected chi connectivity index (χ2v) is 2.86. The van der Waals surface area contributed by atoms with Crippen molar-refractivity contribution in [2.45, 2.75) is 32.5 Å². The minimum Gasteiger partial charge on any atom is -0.394 e. The smallest absolute Gasteiger partial charge is 0.0813 e. The second kappa shape index (κ2) is 2.67. The molecule has 1 rings (SSSR count). The SMILES string of the molecule is C[C@@H]1CC(CO)O[C@@H]1C. The van der Waals surface area contributed by atoms with Crippen LogP contribution in [0.5, 0.6) is 0 Å². The van der Waals surface area contributed by atoms with Crippen LogP contribution < -0.4 is 0 Å². The molecule has 0 amide bonds. The number of aliphatic hydroxyl groups excluding tert-OH is 1. The van der Waals surface area contributed by atoms with Gasteiger partial charge in [0.2, 0.25) is 0 Å². The minimum atomic E-state index is 0.106. The maximum Gasteiger partial charge on any atom is 0.0813 e. The van der Waals surface area contributed by atoms with Crippen LogP contribution in [0.15, 0.2) is 0 Å². The van der Waals surface area contributed by atoms with Crippen molar-refractivity contribution >= 4 is 0 Å². The minimum absolute atomic E-state index is 0.106. The number of aliphatic hydroxyl groups is 1. The van der Waals surface area contributed by atoms with Crippen LogP contribution in [0.25, 0.3) is 0 Å². The summed E-state index contributed by atoms with van der Waals surface area (Å²) in [4.78, 5) is 0. The van der Waals surface area contributed by atoms with Crippen LogP contribution in [0, 0.1) is 5.92 Å². The molecule has 0 aromatic rings. The van der Waals surface area contributed by atoms with E-state index in [0.29, 0.717) is 12.0 Å². The molecule has 1 fully saturated rings. The average Bonchev–Trinajstić information content (AvgIpc) is 2.13. The van der Waals surface area contributed by atoms with Gasteiger partial charge >= 0.3 is 0 Å². The lowest BCUT2D eigenvalue weighted by Gasteiger charge is -2.06. The van der Waals surface area contributed by atoms with Crippen LogP contribution in [0.2, 0.25) is 0 Å². The molecule has 3 atom stereocenters. The predicted octanol–water partition coefficient (Wildman–Crippen LogP) is 0.792. The van der Waals surface area contributed by atoms with Crippen molar-refractivity contribution < 1.29 is 9.84 Å². The highest BCUT2D eigenvalue weighted by Gasteiger charge is 2.27. The molecule has 0 aromatic heterocycles. The topological polar surface area (TPSA) is 29.5 Å². The summed E-state index contributed by atoms with van der Waals surface area (Å²) < 4.78 is 5.37. The summed E-state index contributed by atoms with van der Waals surface area (Å²) in [5.41, 5.74) is 0. The zero-order valence-electron chi connectivity index (χ0n) is 6.00. The van der Waals surface area contributed by atoms with Gasteiger partial charge in [-0.1, -0.05) is 6.92 Å². The fourth-order valence-corrected chi connectivity index (χ4v) is 1.22. The first-order valence-electron chi connectivity index (χ1n) is 3.50. The van der Waals surface area contributed by atoms with Crippen LogP contribution >= 0.6 is 0 Å². The van der Waals surface area contributed by atoms with Gasteiger partial charge in [-0.15, -0.1) is 0 Å². The van der Waals surface area contributed by atoms with E-state index in [1.54, 1.807) is 0 Å². The Labute approximate surface area is 55.8 Å².